The second-order valence-corrected chi connectivity index (χ2v) is 6.61. The minimum absolute atomic E-state index is 0.149. The quantitative estimate of drug-likeness (QED) is 0.407. The molecule has 0 bridgehead atoms. The number of nitrogens with zero attached hydrogens (tertiary/aromatic N) is 1. The summed E-state index contributed by atoms with van der Waals surface area (Å²) in [4.78, 5) is 37.3. The van der Waals surface area contributed by atoms with Crippen molar-refractivity contribution in [1.82, 2.24) is 4.90 Å². The van der Waals surface area contributed by atoms with Gasteiger partial charge in [0.15, 0.2) is 11.5 Å². The van der Waals surface area contributed by atoms with Gasteiger partial charge in [0.05, 0.1) is 25.7 Å². The Balaban J connectivity index is 2.17. The molecule has 0 spiro atoms. The summed E-state index contributed by atoms with van der Waals surface area (Å²) < 4.78 is 15.1. The molecule has 0 radical (unpaired) electrons. The molecule has 1 fully saturated rings. The molecule has 0 atom stereocenters. The molecule has 1 N–H and O–H groups in total. The number of carbonyl (C=O) groups is 3. The molecule has 0 aromatic heterocycles. The van der Waals surface area contributed by atoms with Crippen molar-refractivity contribution in [3.05, 3.63) is 22.6 Å². The first kappa shape index (κ1) is 20.6. The van der Waals surface area contributed by atoms with E-state index in [1.54, 1.807) is 0 Å². The van der Waals surface area contributed by atoms with E-state index in [0.29, 0.717) is 5.56 Å². The number of phenols is 1. The molecule has 1 heterocycles. The first-order valence-corrected chi connectivity index (χ1v) is 9.08. The van der Waals surface area contributed by atoms with Crippen LogP contribution in [0.15, 0.2) is 17.0 Å². The Kier molecular flexibility index (Phi) is 7.12. The Hall–Kier alpha value is -2.68. The van der Waals surface area contributed by atoms with E-state index in [1.807, 2.05) is 6.92 Å². The van der Waals surface area contributed by atoms with Crippen molar-refractivity contribution in [2.24, 2.45) is 0 Å². The van der Waals surface area contributed by atoms with Crippen LogP contribution in [0.1, 0.15) is 25.3 Å². The lowest BCUT2D eigenvalue weighted by Gasteiger charge is -2.11. The van der Waals surface area contributed by atoms with Crippen LogP contribution in [0.5, 0.6) is 17.2 Å². The average Bonchev–Trinajstić information content (AvgIpc) is 2.90. The molecule has 9 heteroatoms. The normalized spacial score (nSPS) is 15.4. The number of methoxy groups -OCH3 is 2. The first-order chi connectivity index (χ1) is 12.9. The molecule has 0 aliphatic carbocycles. The number of rotatable bonds is 8. The second kappa shape index (κ2) is 9.31. The van der Waals surface area contributed by atoms with Gasteiger partial charge in [0.25, 0.3) is 11.1 Å². The zero-order chi connectivity index (χ0) is 20.0. The summed E-state index contributed by atoms with van der Waals surface area (Å²) in [6.45, 7) is 1.80. The minimum atomic E-state index is -0.625. The van der Waals surface area contributed by atoms with Gasteiger partial charge in [0, 0.05) is 0 Å². The number of benzene rings is 1. The van der Waals surface area contributed by atoms with Gasteiger partial charge in [-0.2, -0.15) is 0 Å². The minimum Gasteiger partial charge on any atom is -0.502 e. The highest BCUT2D eigenvalue weighted by atomic mass is 32.2. The third-order valence-corrected chi connectivity index (χ3v) is 4.63. The summed E-state index contributed by atoms with van der Waals surface area (Å²) in [6.07, 6.45) is 3.06. The van der Waals surface area contributed by atoms with E-state index in [0.717, 1.165) is 29.5 Å². The third-order valence-electron chi connectivity index (χ3n) is 3.72. The summed E-state index contributed by atoms with van der Waals surface area (Å²) in [6, 6.07) is 3.01. The summed E-state index contributed by atoms with van der Waals surface area (Å²) in [5.74, 6) is -1.04. The van der Waals surface area contributed by atoms with E-state index >= 15 is 0 Å². The zero-order valence-corrected chi connectivity index (χ0v) is 16.1. The maximum absolute atomic E-state index is 12.5. The smallest absolute Gasteiger partial charge is 0.326 e. The number of aromatic hydroxyl groups is 1. The summed E-state index contributed by atoms with van der Waals surface area (Å²) >= 11 is 0.725. The molecular formula is C18H21NO7S. The van der Waals surface area contributed by atoms with E-state index in [9.17, 15) is 19.5 Å². The zero-order valence-electron chi connectivity index (χ0n) is 15.3. The standard InChI is InChI=1S/C18H21NO7S/c1-4-5-6-26-15(20)10-19-17(22)14(27-18(19)23)9-11-7-12(24-2)16(21)13(8-11)25-3/h7-9,21H,4-6,10H2,1-3H3/b14-9+. The van der Waals surface area contributed by atoms with Crippen molar-refractivity contribution in [1.29, 1.82) is 0 Å². The summed E-state index contributed by atoms with van der Waals surface area (Å²) in [7, 11) is 2.77. The number of ether oxygens (including phenoxy) is 3. The van der Waals surface area contributed by atoms with Gasteiger partial charge in [-0.25, -0.2) is 0 Å². The second-order valence-electron chi connectivity index (χ2n) is 5.62. The topological polar surface area (TPSA) is 102 Å². The Morgan fingerprint density at radius 1 is 1.22 bits per heavy atom. The van der Waals surface area contributed by atoms with Crippen LogP contribution in [0.3, 0.4) is 0 Å². The Morgan fingerprint density at radius 3 is 2.41 bits per heavy atom. The van der Waals surface area contributed by atoms with Crippen molar-refractivity contribution < 1.29 is 33.7 Å². The highest BCUT2D eigenvalue weighted by Crippen LogP contribution is 2.39. The van der Waals surface area contributed by atoms with Crippen LogP contribution in [0, 0.1) is 0 Å². The SMILES string of the molecule is CCCCOC(=O)CN1C(=O)S/C(=C/c2cc(OC)c(O)c(OC)c2)C1=O. The van der Waals surface area contributed by atoms with Crippen LogP contribution >= 0.6 is 11.8 Å². The lowest BCUT2D eigenvalue weighted by Crippen LogP contribution is -2.34. The molecule has 1 aromatic rings. The molecule has 27 heavy (non-hydrogen) atoms. The fourth-order valence-corrected chi connectivity index (χ4v) is 3.13. The summed E-state index contributed by atoms with van der Waals surface area (Å²) in [5, 5.41) is 9.40. The van der Waals surface area contributed by atoms with Gasteiger partial charge in [-0.3, -0.25) is 19.3 Å². The number of hydrogen-bond donors (Lipinski definition) is 1. The average molecular weight is 395 g/mol. The van der Waals surface area contributed by atoms with Gasteiger partial charge < -0.3 is 19.3 Å². The number of imide groups is 1. The Bertz CT molecular complexity index is 750. The van der Waals surface area contributed by atoms with Crippen LogP contribution in [-0.4, -0.2) is 54.5 Å². The molecule has 1 aliphatic rings. The van der Waals surface area contributed by atoms with Crippen molar-refractivity contribution >= 4 is 35.0 Å². The maximum Gasteiger partial charge on any atom is 0.326 e. The highest BCUT2D eigenvalue weighted by Gasteiger charge is 2.36. The molecule has 8 nitrogen and oxygen atoms in total. The van der Waals surface area contributed by atoms with Crippen molar-refractivity contribution in [3.8, 4) is 17.2 Å². The molecule has 0 saturated carbocycles. The third kappa shape index (κ3) is 4.94. The van der Waals surface area contributed by atoms with Crippen molar-refractivity contribution in [2.45, 2.75) is 19.8 Å². The van der Waals surface area contributed by atoms with Crippen LogP contribution in [0.4, 0.5) is 4.79 Å². The predicted octanol–water partition coefficient (Wildman–Crippen LogP) is 2.79. The monoisotopic (exact) mass is 395 g/mol. The molecular weight excluding hydrogens is 374 g/mol. The lowest BCUT2D eigenvalue weighted by molar-refractivity contribution is -0.146. The number of hydrogen-bond acceptors (Lipinski definition) is 8. The van der Waals surface area contributed by atoms with Gasteiger partial charge >= 0.3 is 5.97 Å². The van der Waals surface area contributed by atoms with Crippen LogP contribution in [0.2, 0.25) is 0 Å². The van der Waals surface area contributed by atoms with Crippen LogP contribution < -0.4 is 9.47 Å². The lowest BCUT2D eigenvalue weighted by atomic mass is 10.1. The molecule has 146 valence electrons. The maximum atomic E-state index is 12.5. The van der Waals surface area contributed by atoms with E-state index in [-0.39, 0.29) is 28.8 Å². The number of carbonyl (C=O) groups excluding carboxylic acids is 3. The van der Waals surface area contributed by atoms with Crippen molar-refractivity contribution in [2.75, 3.05) is 27.4 Å². The molecule has 2 amide bonds. The Labute approximate surface area is 161 Å². The van der Waals surface area contributed by atoms with E-state index < -0.39 is 23.7 Å². The van der Waals surface area contributed by atoms with E-state index in [1.165, 1.54) is 32.4 Å². The largest absolute Gasteiger partial charge is 0.502 e. The van der Waals surface area contributed by atoms with E-state index in [2.05, 4.69) is 0 Å². The van der Waals surface area contributed by atoms with Gasteiger partial charge in [0.1, 0.15) is 6.54 Å². The molecule has 0 unspecified atom stereocenters. The van der Waals surface area contributed by atoms with E-state index in [4.69, 9.17) is 14.2 Å². The van der Waals surface area contributed by atoms with Gasteiger partial charge in [0.2, 0.25) is 5.75 Å². The number of amides is 2. The highest BCUT2D eigenvalue weighted by molar-refractivity contribution is 8.18. The van der Waals surface area contributed by atoms with Gasteiger partial charge in [-0.15, -0.1) is 0 Å². The number of unbranched alkanes of at least 4 members (excludes halogenated alkanes) is 1. The van der Waals surface area contributed by atoms with Gasteiger partial charge in [-0.05, 0) is 42.0 Å². The number of esters is 1. The van der Waals surface area contributed by atoms with Crippen LogP contribution in [0.25, 0.3) is 6.08 Å². The van der Waals surface area contributed by atoms with Crippen molar-refractivity contribution in [3.63, 3.8) is 0 Å². The van der Waals surface area contributed by atoms with Gasteiger partial charge in [-0.1, -0.05) is 13.3 Å². The molecule has 2 rings (SSSR count). The number of phenolic OH excluding ortho intramolecular Hbond substituents is 1. The number of thioether (sulfide) groups is 1. The Morgan fingerprint density at radius 2 is 1.85 bits per heavy atom. The molecule has 1 saturated heterocycles. The predicted molar refractivity (Wildman–Crippen MR) is 99.8 cm³/mol. The fourth-order valence-electron chi connectivity index (χ4n) is 2.29. The fraction of sp³-hybridized carbons (Fsp3) is 0.389. The molecule has 1 aromatic carbocycles. The van der Waals surface area contributed by atoms with Crippen LogP contribution in [-0.2, 0) is 14.3 Å². The molecule has 1 aliphatic heterocycles. The first-order valence-electron chi connectivity index (χ1n) is 8.27. The summed E-state index contributed by atoms with van der Waals surface area (Å²) in [5.41, 5.74) is 0.498.